The van der Waals surface area contributed by atoms with Gasteiger partial charge in [0.2, 0.25) is 5.91 Å². The quantitative estimate of drug-likeness (QED) is 0.735. The number of carbonyl (C=O) groups excluding carboxylic acids is 1. The molecule has 0 aromatic carbocycles. The Kier molecular flexibility index (Phi) is 3.23. The van der Waals surface area contributed by atoms with Gasteiger partial charge >= 0.3 is 0 Å². The summed E-state index contributed by atoms with van der Waals surface area (Å²) < 4.78 is 0. The summed E-state index contributed by atoms with van der Waals surface area (Å²) >= 11 is 0. The van der Waals surface area contributed by atoms with Gasteiger partial charge in [-0.25, -0.2) is 0 Å². The maximum Gasteiger partial charge on any atom is 0.240 e. The zero-order valence-corrected chi connectivity index (χ0v) is 11.9. The smallest absolute Gasteiger partial charge is 0.240 e. The first kappa shape index (κ1) is 12.9. The van der Waals surface area contributed by atoms with E-state index >= 15 is 0 Å². The van der Waals surface area contributed by atoms with E-state index in [-0.39, 0.29) is 11.5 Å². The summed E-state index contributed by atoms with van der Waals surface area (Å²) in [5.74, 6) is 0.361. The fourth-order valence-corrected chi connectivity index (χ4v) is 2.93. The van der Waals surface area contributed by atoms with Crippen molar-refractivity contribution < 1.29 is 4.79 Å². The highest BCUT2D eigenvalue weighted by molar-refractivity contribution is 5.84. The van der Waals surface area contributed by atoms with Crippen LogP contribution in [-0.2, 0) is 4.79 Å². The lowest BCUT2D eigenvalue weighted by Crippen LogP contribution is -2.63. The summed E-state index contributed by atoms with van der Waals surface area (Å²) in [6.45, 7) is 12.9. The molecule has 0 N–H and O–H groups in total. The molecule has 0 bridgehead atoms. The summed E-state index contributed by atoms with van der Waals surface area (Å²) in [6.07, 6.45) is 2.43. The van der Waals surface area contributed by atoms with Crippen molar-refractivity contribution in [3.63, 3.8) is 0 Å². The van der Waals surface area contributed by atoms with Gasteiger partial charge in [0.25, 0.3) is 0 Å². The molecule has 1 amide bonds. The van der Waals surface area contributed by atoms with E-state index in [1.54, 1.807) is 0 Å². The van der Waals surface area contributed by atoms with Gasteiger partial charge in [-0.3, -0.25) is 9.69 Å². The molecule has 3 nitrogen and oxygen atoms in total. The van der Waals surface area contributed by atoms with Crippen LogP contribution in [0.15, 0.2) is 0 Å². The van der Waals surface area contributed by atoms with Gasteiger partial charge in [0.05, 0.1) is 6.04 Å². The third kappa shape index (κ3) is 2.49. The molecule has 1 heterocycles. The molecule has 0 radical (unpaired) electrons. The molecule has 0 spiro atoms. The number of hydrogen-bond donors (Lipinski definition) is 0. The van der Waals surface area contributed by atoms with Crippen LogP contribution in [0, 0.1) is 5.41 Å². The second kappa shape index (κ2) is 4.27. The van der Waals surface area contributed by atoms with Crippen LogP contribution in [0.3, 0.4) is 0 Å². The number of amides is 1. The summed E-state index contributed by atoms with van der Waals surface area (Å²) in [5.41, 5.74) is 0.0227. The molecular formula is C14H26N2O. The first-order valence-electron chi connectivity index (χ1n) is 6.88. The lowest BCUT2D eigenvalue weighted by molar-refractivity contribution is -0.149. The molecule has 3 heteroatoms. The van der Waals surface area contributed by atoms with Crippen LogP contribution in [0.2, 0.25) is 0 Å². The minimum absolute atomic E-state index is 0.0227. The average Bonchev–Trinajstić information content (AvgIpc) is 2.98. The minimum Gasteiger partial charge on any atom is -0.337 e. The predicted molar refractivity (Wildman–Crippen MR) is 69.8 cm³/mol. The van der Waals surface area contributed by atoms with E-state index in [0.29, 0.717) is 18.0 Å². The Morgan fingerprint density at radius 2 is 1.76 bits per heavy atom. The van der Waals surface area contributed by atoms with E-state index in [0.717, 1.165) is 13.1 Å². The second-order valence-electron chi connectivity index (χ2n) is 6.86. The Bertz CT molecular complexity index is 302. The van der Waals surface area contributed by atoms with Gasteiger partial charge in [-0.05, 0) is 32.1 Å². The standard InChI is InChI=1S/C14H26N2O/c1-10(2)15-8-9-16(11-6-7-11)13(17)12(15)14(3,4)5/h10-12H,6-9H2,1-5H3/t12-/m1/s1. The van der Waals surface area contributed by atoms with E-state index < -0.39 is 0 Å². The summed E-state index contributed by atoms with van der Waals surface area (Å²) in [4.78, 5) is 17.2. The van der Waals surface area contributed by atoms with Crippen molar-refractivity contribution in [2.45, 2.75) is 65.6 Å². The highest BCUT2D eigenvalue weighted by Crippen LogP contribution is 2.35. The molecule has 1 aliphatic carbocycles. The van der Waals surface area contributed by atoms with Crippen molar-refractivity contribution in [2.75, 3.05) is 13.1 Å². The molecule has 0 aromatic rings. The van der Waals surface area contributed by atoms with Crippen LogP contribution < -0.4 is 0 Å². The van der Waals surface area contributed by atoms with Gasteiger partial charge in [0.15, 0.2) is 0 Å². The van der Waals surface area contributed by atoms with Crippen LogP contribution in [-0.4, -0.2) is 46.9 Å². The molecule has 1 atom stereocenters. The van der Waals surface area contributed by atoms with Crippen LogP contribution in [0.4, 0.5) is 0 Å². The number of hydrogen-bond acceptors (Lipinski definition) is 2. The van der Waals surface area contributed by atoms with Crippen molar-refractivity contribution >= 4 is 5.91 Å². The Morgan fingerprint density at radius 1 is 1.18 bits per heavy atom. The maximum atomic E-state index is 12.7. The molecule has 2 aliphatic rings. The highest BCUT2D eigenvalue weighted by Gasteiger charge is 2.46. The molecule has 1 saturated carbocycles. The zero-order chi connectivity index (χ0) is 12.8. The highest BCUT2D eigenvalue weighted by atomic mass is 16.2. The van der Waals surface area contributed by atoms with Gasteiger partial charge in [0.1, 0.15) is 0 Å². The molecule has 0 aromatic heterocycles. The average molecular weight is 238 g/mol. The summed E-state index contributed by atoms with van der Waals surface area (Å²) in [6, 6.07) is 1.06. The Hall–Kier alpha value is -0.570. The van der Waals surface area contributed by atoms with E-state index in [1.807, 2.05) is 0 Å². The lowest BCUT2D eigenvalue weighted by atomic mass is 9.83. The van der Waals surface area contributed by atoms with Gasteiger partial charge in [0, 0.05) is 25.2 Å². The number of rotatable bonds is 2. The normalized spacial score (nSPS) is 28.0. The van der Waals surface area contributed by atoms with Crippen LogP contribution >= 0.6 is 0 Å². The minimum atomic E-state index is 0.0227. The molecule has 2 rings (SSSR count). The molecule has 2 fully saturated rings. The van der Waals surface area contributed by atoms with Crippen molar-refractivity contribution in [2.24, 2.45) is 5.41 Å². The fourth-order valence-electron chi connectivity index (χ4n) is 2.93. The van der Waals surface area contributed by atoms with Crippen molar-refractivity contribution in [1.29, 1.82) is 0 Å². The molecular weight excluding hydrogens is 212 g/mol. The topological polar surface area (TPSA) is 23.6 Å². The number of piperazine rings is 1. The Labute approximate surface area is 105 Å². The first-order valence-corrected chi connectivity index (χ1v) is 6.88. The maximum absolute atomic E-state index is 12.7. The van der Waals surface area contributed by atoms with E-state index in [9.17, 15) is 4.79 Å². The van der Waals surface area contributed by atoms with Crippen LogP contribution in [0.25, 0.3) is 0 Å². The molecule has 98 valence electrons. The van der Waals surface area contributed by atoms with Crippen molar-refractivity contribution in [3.05, 3.63) is 0 Å². The predicted octanol–water partition coefficient (Wildman–Crippen LogP) is 2.12. The monoisotopic (exact) mass is 238 g/mol. The number of carbonyl (C=O) groups is 1. The van der Waals surface area contributed by atoms with Gasteiger partial charge in [-0.1, -0.05) is 20.8 Å². The van der Waals surface area contributed by atoms with Crippen LogP contribution in [0.5, 0.6) is 0 Å². The van der Waals surface area contributed by atoms with E-state index in [2.05, 4.69) is 44.4 Å². The van der Waals surface area contributed by atoms with Gasteiger partial charge in [-0.15, -0.1) is 0 Å². The van der Waals surface area contributed by atoms with E-state index in [4.69, 9.17) is 0 Å². The third-order valence-corrected chi connectivity index (χ3v) is 3.92. The van der Waals surface area contributed by atoms with Gasteiger partial charge in [-0.2, -0.15) is 0 Å². The van der Waals surface area contributed by atoms with Crippen LogP contribution in [0.1, 0.15) is 47.5 Å². The lowest BCUT2D eigenvalue weighted by Gasteiger charge is -2.48. The molecule has 1 aliphatic heterocycles. The Morgan fingerprint density at radius 3 is 2.18 bits per heavy atom. The molecule has 17 heavy (non-hydrogen) atoms. The first-order chi connectivity index (χ1) is 7.82. The van der Waals surface area contributed by atoms with E-state index in [1.165, 1.54) is 12.8 Å². The van der Waals surface area contributed by atoms with Crippen molar-refractivity contribution in [3.8, 4) is 0 Å². The largest absolute Gasteiger partial charge is 0.337 e. The fraction of sp³-hybridized carbons (Fsp3) is 0.929. The second-order valence-corrected chi connectivity index (χ2v) is 6.86. The summed E-state index contributed by atoms with van der Waals surface area (Å²) in [7, 11) is 0. The zero-order valence-electron chi connectivity index (χ0n) is 11.9. The summed E-state index contributed by atoms with van der Waals surface area (Å²) in [5, 5.41) is 0. The molecule has 0 unspecified atom stereocenters. The van der Waals surface area contributed by atoms with Gasteiger partial charge < -0.3 is 4.90 Å². The molecule has 1 saturated heterocycles. The van der Waals surface area contributed by atoms with Crippen molar-refractivity contribution in [1.82, 2.24) is 9.80 Å². The number of nitrogens with zero attached hydrogens (tertiary/aromatic N) is 2. The third-order valence-electron chi connectivity index (χ3n) is 3.92. The SMILES string of the molecule is CC(C)N1CCN(C2CC2)C(=O)[C@@H]1C(C)(C)C. The Balaban J connectivity index is 2.20.